The SMILES string of the molecule is C=C(C)CN(C)S(=O)(=O)c1cc(CNC2CC2)sc1Br. The Bertz CT molecular complexity index is 606. The summed E-state index contributed by atoms with van der Waals surface area (Å²) < 4.78 is 27.0. The van der Waals surface area contributed by atoms with E-state index in [2.05, 4.69) is 27.8 Å². The normalized spacial score (nSPS) is 15.8. The zero-order valence-corrected chi connectivity index (χ0v) is 14.9. The zero-order chi connectivity index (χ0) is 14.9. The van der Waals surface area contributed by atoms with Gasteiger partial charge < -0.3 is 5.32 Å². The minimum absolute atomic E-state index is 0.334. The molecule has 0 aliphatic heterocycles. The lowest BCUT2D eigenvalue weighted by molar-refractivity contribution is 0.493. The van der Waals surface area contributed by atoms with Crippen LogP contribution in [0.3, 0.4) is 0 Å². The molecule has 4 nitrogen and oxygen atoms in total. The molecule has 0 radical (unpaired) electrons. The summed E-state index contributed by atoms with van der Waals surface area (Å²) in [5, 5.41) is 3.39. The van der Waals surface area contributed by atoms with Crippen molar-refractivity contribution in [2.45, 2.75) is 37.2 Å². The highest BCUT2D eigenvalue weighted by atomic mass is 79.9. The van der Waals surface area contributed by atoms with E-state index in [4.69, 9.17) is 0 Å². The van der Waals surface area contributed by atoms with Gasteiger partial charge in [-0.2, -0.15) is 4.31 Å². The standard InChI is InChI=1S/C13H19BrN2O2S2/c1-9(2)8-16(3)20(17,18)12-6-11(19-13(12)14)7-15-10-4-5-10/h6,10,15H,1,4-5,7-8H2,2-3H3. The van der Waals surface area contributed by atoms with Crippen molar-refractivity contribution >= 4 is 37.3 Å². The molecule has 1 saturated carbocycles. The fourth-order valence-corrected chi connectivity index (χ4v) is 5.64. The number of likely N-dealkylation sites (N-methyl/N-ethyl adjacent to an activating group) is 1. The average Bonchev–Trinajstić information content (AvgIpc) is 3.08. The minimum Gasteiger partial charge on any atom is -0.309 e. The lowest BCUT2D eigenvalue weighted by atomic mass is 10.4. The zero-order valence-electron chi connectivity index (χ0n) is 11.6. The molecule has 1 aromatic heterocycles. The van der Waals surface area contributed by atoms with Gasteiger partial charge in [0.2, 0.25) is 10.0 Å². The van der Waals surface area contributed by atoms with E-state index in [-0.39, 0.29) is 0 Å². The molecular weight excluding hydrogens is 360 g/mol. The molecule has 0 amide bonds. The van der Waals surface area contributed by atoms with E-state index in [0.29, 0.717) is 21.3 Å². The van der Waals surface area contributed by atoms with Gasteiger partial charge >= 0.3 is 0 Å². The fourth-order valence-electron chi connectivity index (χ4n) is 1.83. The van der Waals surface area contributed by atoms with Crippen molar-refractivity contribution in [1.82, 2.24) is 9.62 Å². The second kappa shape index (κ2) is 6.27. The van der Waals surface area contributed by atoms with Gasteiger partial charge in [-0.05, 0) is 41.8 Å². The first-order chi connectivity index (χ1) is 9.30. The quantitative estimate of drug-likeness (QED) is 0.741. The summed E-state index contributed by atoms with van der Waals surface area (Å²) in [6.07, 6.45) is 2.44. The van der Waals surface area contributed by atoms with E-state index in [1.165, 1.54) is 28.5 Å². The third-order valence-electron chi connectivity index (χ3n) is 3.03. The largest absolute Gasteiger partial charge is 0.309 e. The molecule has 2 rings (SSSR count). The van der Waals surface area contributed by atoms with Crippen LogP contribution in [0.1, 0.15) is 24.6 Å². The maximum atomic E-state index is 12.5. The van der Waals surface area contributed by atoms with Crippen molar-refractivity contribution in [1.29, 1.82) is 0 Å². The van der Waals surface area contributed by atoms with Crippen LogP contribution in [0, 0.1) is 0 Å². The van der Waals surface area contributed by atoms with Crippen LogP contribution in [0.25, 0.3) is 0 Å². The minimum atomic E-state index is -3.46. The van der Waals surface area contributed by atoms with Gasteiger partial charge in [-0.3, -0.25) is 0 Å². The smallest absolute Gasteiger partial charge is 0.245 e. The van der Waals surface area contributed by atoms with E-state index >= 15 is 0 Å². The molecule has 112 valence electrons. The fraction of sp³-hybridized carbons (Fsp3) is 0.538. The molecule has 0 spiro atoms. The van der Waals surface area contributed by atoms with Gasteiger partial charge in [-0.1, -0.05) is 12.2 Å². The van der Waals surface area contributed by atoms with Crippen LogP contribution in [-0.4, -0.2) is 32.4 Å². The molecule has 0 atom stereocenters. The molecule has 0 aromatic carbocycles. The predicted octanol–water partition coefficient (Wildman–Crippen LogP) is 2.96. The Kier molecular flexibility index (Phi) is 5.07. The Morgan fingerprint density at radius 1 is 1.60 bits per heavy atom. The number of rotatable bonds is 7. The number of nitrogens with one attached hydrogen (secondary N) is 1. The van der Waals surface area contributed by atoms with E-state index in [9.17, 15) is 8.42 Å². The first-order valence-electron chi connectivity index (χ1n) is 6.43. The summed E-state index contributed by atoms with van der Waals surface area (Å²) in [6, 6.07) is 2.37. The monoisotopic (exact) mass is 378 g/mol. The van der Waals surface area contributed by atoms with Gasteiger partial charge in [0.25, 0.3) is 0 Å². The first kappa shape index (κ1) is 16.2. The highest BCUT2D eigenvalue weighted by Gasteiger charge is 2.26. The molecule has 20 heavy (non-hydrogen) atoms. The number of thiophene rings is 1. The van der Waals surface area contributed by atoms with E-state index < -0.39 is 10.0 Å². The van der Waals surface area contributed by atoms with Gasteiger partial charge in [-0.15, -0.1) is 11.3 Å². The van der Waals surface area contributed by atoms with Crippen LogP contribution >= 0.6 is 27.3 Å². The van der Waals surface area contributed by atoms with Gasteiger partial charge in [-0.25, -0.2) is 8.42 Å². The van der Waals surface area contributed by atoms with Crippen LogP contribution < -0.4 is 5.32 Å². The summed E-state index contributed by atoms with van der Waals surface area (Å²) in [6.45, 7) is 6.64. The van der Waals surface area contributed by atoms with E-state index in [1.807, 2.05) is 6.92 Å². The van der Waals surface area contributed by atoms with Crippen molar-refractivity contribution in [3.8, 4) is 0 Å². The molecule has 0 saturated heterocycles. The maximum Gasteiger partial charge on any atom is 0.245 e. The van der Waals surface area contributed by atoms with E-state index in [0.717, 1.165) is 17.0 Å². The van der Waals surface area contributed by atoms with Crippen molar-refractivity contribution in [2.75, 3.05) is 13.6 Å². The van der Waals surface area contributed by atoms with Crippen LogP contribution in [-0.2, 0) is 16.6 Å². The third kappa shape index (κ3) is 3.92. The Balaban J connectivity index is 2.15. The molecule has 7 heteroatoms. The Hall–Kier alpha value is -0.210. The van der Waals surface area contributed by atoms with Crippen molar-refractivity contribution in [3.63, 3.8) is 0 Å². The molecule has 1 aromatic rings. The number of sulfonamides is 1. The second-order valence-electron chi connectivity index (χ2n) is 5.22. The lowest BCUT2D eigenvalue weighted by Crippen LogP contribution is -2.28. The topological polar surface area (TPSA) is 49.4 Å². The average molecular weight is 379 g/mol. The molecule has 0 unspecified atom stereocenters. The third-order valence-corrected chi connectivity index (χ3v) is 7.09. The summed E-state index contributed by atoms with van der Waals surface area (Å²) in [5.41, 5.74) is 0.818. The van der Waals surface area contributed by atoms with Crippen molar-refractivity contribution in [3.05, 3.63) is 26.9 Å². The first-order valence-corrected chi connectivity index (χ1v) is 9.48. The molecule has 1 aliphatic carbocycles. The molecule has 1 heterocycles. The Labute approximate surface area is 133 Å². The molecule has 0 bridgehead atoms. The Morgan fingerprint density at radius 3 is 2.80 bits per heavy atom. The van der Waals surface area contributed by atoms with Gasteiger partial charge in [0.05, 0.1) is 3.79 Å². The van der Waals surface area contributed by atoms with Crippen LogP contribution in [0.2, 0.25) is 0 Å². The molecule has 1 fully saturated rings. The van der Waals surface area contributed by atoms with E-state index in [1.54, 1.807) is 13.1 Å². The number of nitrogens with zero attached hydrogens (tertiary/aromatic N) is 1. The van der Waals surface area contributed by atoms with Crippen LogP contribution in [0.5, 0.6) is 0 Å². The van der Waals surface area contributed by atoms with Gasteiger partial charge in [0.1, 0.15) is 4.90 Å². The lowest BCUT2D eigenvalue weighted by Gasteiger charge is -2.16. The second-order valence-corrected chi connectivity index (χ2v) is 9.69. The summed E-state index contributed by atoms with van der Waals surface area (Å²) in [4.78, 5) is 1.38. The van der Waals surface area contributed by atoms with Crippen molar-refractivity contribution in [2.24, 2.45) is 0 Å². The van der Waals surface area contributed by atoms with Crippen LogP contribution in [0.4, 0.5) is 0 Å². The van der Waals surface area contributed by atoms with Gasteiger partial charge in [0, 0.05) is 31.1 Å². The van der Waals surface area contributed by atoms with Crippen molar-refractivity contribution < 1.29 is 8.42 Å². The maximum absolute atomic E-state index is 12.5. The highest BCUT2D eigenvalue weighted by Crippen LogP contribution is 2.33. The predicted molar refractivity (Wildman–Crippen MR) is 86.5 cm³/mol. The summed E-state index contributed by atoms with van der Waals surface area (Å²) in [5.74, 6) is 0. The molecule has 1 aliphatic rings. The van der Waals surface area contributed by atoms with Crippen LogP contribution in [0.15, 0.2) is 26.9 Å². The summed E-state index contributed by atoms with van der Waals surface area (Å²) >= 11 is 4.85. The highest BCUT2D eigenvalue weighted by molar-refractivity contribution is 9.11. The van der Waals surface area contributed by atoms with Gasteiger partial charge in [0.15, 0.2) is 0 Å². The summed E-state index contributed by atoms with van der Waals surface area (Å²) in [7, 11) is -1.88. The Morgan fingerprint density at radius 2 is 2.25 bits per heavy atom. The number of halogens is 1. The number of hydrogen-bond donors (Lipinski definition) is 1. The molecular formula is C13H19BrN2O2S2. The molecule has 1 N–H and O–H groups in total. The number of hydrogen-bond acceptors (Lipinski definition) is 4.